The van der Waals surface area contributed by atoms with Crippen molar-refractivity contribution in [3.05, 3.63) is 65.4 Å². The first-order chi connectivity index (χ1) is 12.6. The molecule has 0 radical (unpaired) electrons. The van der Waals surface area contributed by atoms with Gasteiger partial charge < -0.3 is 15.0 Å². The maximum atomic E-state index is 12.7. The van der Waals surface area contributed by atoms with Gasteiger partial charge in [0.2, 0.25) is 11.8 Å². The van der Waals surface area contributed by atoms with Crippen molar-refractivity contribution < 1.29 is 14.3 Å². The number of carbonyl (C=O) groups is 2. The first-order valence-corrected chi connectivity index (χ1v) is 8.73. The third kappa shape index (κ3) is 3.08. The van der Waals surface area contributed by atoms with E-state index in [1.165, 1.54) is 6.92 Å². The van der Waals surface area contributed by atoms with Crippen molar-refractivity contribution in [1.29, 1.82) is 0 Å². The summed E-state index contributed by atoms with van der Waals surface area (Å²) in [5, 5.41) is 2.95. The molecule has 5 nitrogen and oxygen atoms in total. The third-order valence-electron chi connectivity index (χ3n) is 4.82. The van der Waals surface area contributed by atoms with Gasteiger partial charge in [-0.25, -0.2) is 0 Å². The molecule has 2 aliphatic rings. The lowest BCUT2D eigenvalue weighted by atomic mass is 9.93. The third-order valence-corrected chi connectivity index (χ3v) is 4.82. The van der Waals surface area contributed by atoms with Gasteiger partial charge in [0.1, 0.15) is 5.75 Å². The van der Waals surface area contributed by atoms with Gasteiger partial charge in [0.25, 0.3) is 0 Å². The Balaban J connectivity index is 1.53. The molecule has 26 heavy (non-hydrogen) atoms. The highest BCUT2D eigenvalue weighted by Gasteiger charge is 2.28. The second-order valence-corrected chi connectivity index (χ2v) is 6.56. The first kappa shape index (κ1) is 16.4. The van der Waals surface area contributed by atoms with Crippen LogP contribution in [0.2, 0.25) is 0 Å². The number of rotatable bonds is 3. The molecule has 4 rings (SSSR count). The molecule has 2 heterocycles. The summed E-state index contributed by atoms with van der Waals surface area (Å²) in [6.07, 6.45) is 4.73. The molecule has 0 unspecified atom stereocenters. The minimum absolute atomic E-state index is 0.0803. The highest BCUT2D eigenvalue weighted by Crippen LogP contribution is 2.33. The van der Waals surface area contributed by atoms with Crippen molar-refractivity contribution >= 4 is 23.6 Å². The second-order valence-electron chi connectivity index (χ2n) is 6.56. The van der Waals surface area contributed by atoms with Crippen molar-refractivity contribution in [2.24, 2.45) is 0 Å². The van der Waals surface area contributed by atoms with Crippen LogP contribution in [0.4, 0.5) is 5.69 Å². The van der Waals surface area contributed by atoms with E-state index < -0.39 is 0 Å². The van der Waals surface area contributed by atoms with Crippen LogP contribution in [-0.2, 0) is 16.0 Å². The van der Waals surface area contributed by atoms with E-state index >= 15 is 0 Å². The molecular formula is C21H20N2O3. The van der Waals surface area contributed by atoms with Crippen LogP contribution in [0.1, 0.15) is 36.1 Å². The summed E-state index contributed by atoms with van der Waals surface area (Å²) in [7, 11) is 0. The van der Waals surface area contributed by atoms with Gasteiger partial charge in [-0.1, -0.05) is 24.3 Å². The summed E-state index contributed by atoms with van der Waals surface area (Å²) < 4.78 is 5.49. The molecule has 132 valence electrons. The van der Waals surface area contributed by atoms with Crippen molar-refractivity contribution in [2.45, 2.75) is 25.8 Å². The predicted molar refractivity (Wildman–Crippen MR) is 99.6 cm³/mol. The average molecular weight is 348 g/mol. The maximum absolute atomic E-state index is 12.7. The standard InChI is InChI=1S/C21H20N2O3/c1-14(24)23-10-8-15-4-2-3-5-18(15)19(23)13-21(25)22-17-6-7-20-16(12-17)9-11-26-20/h2-8,10,12,19H,9,11,13H2,1H3,(H,22,25)/t19-/m0/s1. The van der Waals surface area contributed by atoms with Crippen molar-refractivity contribution in [3.8, 4) is 5.75 Å². The van der Waals surface area contributed by atoms with Crippen LogP contribution >= 0.6 is 0 Å². The highest BCUT2D eigenvalue weighted by molar-refractivity contribution is 5.92. The molecular weight excluding hydrogens is 328 g/mol. The van der Waals surface area contributed by atoms with Crippen LogP contribution in [0.3, 0.4) is 0 Å². The van der Waals surface area contributed by atoms with Gasteiger partial charge in [0.05, 0.1) is 19.1 Å². The number of nitrogens with one attached hydrogen (secondary N) is 1. The number of fused-ring (bicyclic) bond motifs is 2. The molecule has 0 aromatic heterocycles. The van der Waals surface area contributed by atoms with Crippen LogP contribution in [0.15, 0.2) is 48.7 Å². The van der Waals surface area contributed by atoms with Crippen LogP contribution in [0.25, 0.3) is 6.08 Å². The van der Waals surface area contributed by atoms with Crippen LogP contribution in [0, 0.1) is 0 Å². The van der Waals surface area contributed by atoms with Gasteiger partial charge >= 0.3 is 0 Å². The average Bonchev–Trinajstić information content (AvgIpc) is 3.09. The quantitative estimate of drug-likeness (QED) is 0.923. The summed E-state index contributed by atoms with van der Waals surface area (Å²) >= 11 is 0. The lowest BCUT2D eigenvalue weighted by Crippen LogP contribution is -2.33. The molecule has 0 bridgehead atoms. The smallest absolute Gasteiger partial charge is 0.226 e. The Kier molecular flexibility index (Phi) is 4.21. The van der Waals surface area contributed by atoms with Gasteiger partial charge in [-0.15, -0.1) is 0 Å². The number of hydrogen-bond acceptors (Lipinski definition) is 3. The molecule has 0 aliphatic carbocycles. The molecule has 0 saturated heterocycles. The number of nitrogens with zero attached hydrogens (tertiary/aromatic N) is 1. The molecule has 0 saturated carbocycles. The Hall–Kier alpha value is -3.08. The number of ether oxygens (including phenoxy) is 1. The van der Waals surface area contributed by atoms with Gasteiger partial charge in [-0.2, -0.15) is 0 Å². The highest BCUT2D eigenvalue weighted by atomic mass is 16.5. The summed E-state index contributed by atoms with van der Waals surface area (Å²) in [6, 6.07) is 13.2. The Morgan fingerprint density at radius 3 is 2.92 bits per heavy atom. The Morgan fingerprint density at radius 2 is 2.08 bits per heavy atom. The summed E-state index contributed by atoms with van der Waals surface area (Å²) in [5.41, 5.74) is 3.90. The molecule has 0 spiro atoms. The Labute approximate surface area is 152 Å². The summed E-state index contributed by atoms with van der Waals surface area (Å²) in [5.74, 6) is 0.686. The molecule has 0 fully saturated rings. The zero-order valence-electron chi connectivity index (χ0n) is 14.6. The number of amides is 2. The minimum Gasteiger partial charge on any atom is -0.493 e. The fraction of sp³-hybridized carbons (Fsp3) is 0.238. The number of benzene rings is 2. The van der Waals surface area contributed by atoms with E-state index in [9.17, 15) is 9.59 Å². The molecule has 5 heteroatoms. The molecule has 1 N–H and O–H groups in total. The van der Waals surface area contributed by atoms with Gasteiger partial charge in [0.15, 0.2) is 0 Å². The van der Waals surface area contributed by atoms with Gasteiger partial charge in [0, 0.05) is 25.2 Å². The van der Waals surface area contributed by atoms with E-state index in [2.05, 4.69) is 5.32 Å². The number of hydrogen-bond donors (Lipinski definition) is 1. The second kappa shape index (κ2) is 6.67. The van der Waals surface area contributed by atoms with E-state index in [-0.39, 0.29) is 24.3 Å². The normalized spacial score (nSPS) is 17.3. The zero-order valence-corrected chi connectivity index (χ0v) is 14.6. The lowest BCUT2D eigenvalue weighted by molar-refractivity contribution is -0.129. The fourth-order valence-corrected chi connectivity index (χ4v) is 3.57. The summed E-state index contributed by atoms with van der Waals surface area (Å²) in [4.78, 5) is 26.3. The largest absolute Gasteiger partial charge is 0.493 e. The van der Waals surface area contributed by atoms with E-state index in [0.717, 1.165) is 34.5 Å². The van der Waals surface area contributed by atoms with E-state index in [1.54, 1.807) is 11.1 Å². The van der Waals surface area contributed by atoms with Gasteiger partial charge in [-0.3, -0.25) is 9.59 Å². The van der Waals surface area contributed by atoms with E-state index in [4.69, 9.17) is 4.74 Å². The fourth-order valence-electron chi connectivity index (χ4n) is 3.57. The zero-order chi connectivity index (χ0) is 18.1. The molecule has 2 aromatic rings. The van der Waals surface area contributed by atoms with Crippen LogP contribution < -0.4 is 10.1 Å². The van der Waals surface area contributed by atoms with E-state index in [0.29, 0.717) is 6.61 Å². The number of carbonyl (C=O) groups excluding carboxylic acids is 2. The molecule has 1 atom stereocenters. The topological polar surface area (TPSA) is 58.6 Å². The lowest BCUT2D eigenvalue weighted by Gasteiger charge is -2.32. The summed E-state index contributed by atoms with van der Waals surface area (Å²) in [6.45, 7) is 2.20. The SMILES string of the molecule is CC(=O)N1C=Cc2ccccc2[C@@H]1CC(=O)Nc1ccc2c(c1)CCO2. The monoisotopic (exact) mass is 348 g/mol. The molecule has 2 aromatic carbocycles. The molecule has 2 amide bonds. The van der Waals surface area contributed by atoms with E-state index in [1.807, 2.05) is 48.5 Å². The van der Waals surface area contributed by atoms with Crippen molar-refractivity contribution in [2.75, 3.05) is 11.9 Å². The van der Waals surface area contributed by atoms with Crippen LogP contribution in [-0.4, -0.2) is 23.3 Å². The minimum atomic E-state index is -0.300. The maximum Gasteiger partial charge on any atom is 0.226 e. The van der Waals surface area contributed by atoms with Crippen molar-refractivity contribution in [3.63, 3.8) is 0 Å². The van der Waals surface area contributed by atoms with Crippen molar-refractivity contribution in [1.82, 2.24) is 4.90 Å². The molecule has 2 aliphatic heterocycles. The Bertz CT molecular complexity index is 904. The Morgan fingerprint density at radius 1 is 1.23 bits per heavy atom. The predicted octanol–water partition coefficient (Wildman–Crippen LogP) is 3.52. The van der Waals surface area contributed by atoms with Gasteiger partial charge in [-0.05, 0) is 41.0 Å². The number of anilines is 1. The first-order valence-electron chi connectivity index (χ1n) is 8.73. The van der Waals surface area contributed by atoms with Crippen LogP contribution in [0.5, 0.6) is 5.75 Å².